The van der Waals surface area contributed by atoms with E-state index >= 15 is 0 Å². The lowest BCUT2D eigenvalue weighted by Crippen LogP contribution is -2.86. The average Bonchev–Trinajstić information content (AvgIpc) is 2.76. The van der Waals surface area contributed by atoms with Gasteiger partial charge in [0.25, 0.3) is 0 Å². The van der Waals surface area contributed by atoms with Crippen molar-refractivity contribution in [1.82, 2.24) is 0 Å². The molecule has 0 radical (unpaired) electrons. The van der Waals surface area contributed by atoms with Gasteiger partial charge in [0.1, 0.15) is 12.0 Å². The molecule has 3 N–H and O–H groups in total. The van der Waals surface area contributed by atoms with E-state index in [4.69, 9.17) is 9.84 Å². The van der Waals surface area contributed by atoms with E-state index in [2.05, 4.69) is 19.2 Å². The molecule has 1 aliphatic heterocycles. The average molecular weight is 308 g/mol. The molecule has 1 saturated heterocycles. The first kappa shape index (κ1) is 16.0. The maximum Gasteiger partial charge on any atom is 0.315 e. The van der Waals surface area contributed by atoms with Crippen molar-refractivity contribution < 1.29 is 20.0 Å². The largest absolute Gasteiger partial charge is 0.462 e. The van der Waals surface area contributed by atoms with Crippen molar-refractivity contribution in [2.45, 2.75) is 58.5 Å². The van der Waals surface area contributed by atoms with E-state index in [-0.39, 0.29) is 30.0 Å². The molecule has 0 unspecified atom stereocenters. The Bertz CT molecular complexity index is 473. The molecular weight excluding hydrogens is 278 g/mol. The van der Waals surface area contributed by atoms with Crippen molar-refractivity contribution in [2.75, 3.05) is 19.7 Å². The summed E-state index contributed by atoms with van der Waals surface area (Å²) in [5, 5.41) is 11.0. The molecule has 0 bridgehead atoms. The Morgan fingerprint density at radius 3 is 3.05 bits per heavy atom. The van der Waals surface area contributed by atoms with E-state index in [1.165, 1.54) is 19.3 Å². The summed E-state index contributed by atoms with van der Waals surface area (Å²) < 4.78 is 5.75. The maximum atomic E-state index is 12.3. The number of aliphatic hydroxyl groups excluding tert-OH is 1. The molecule has 3 aliphatic rings. The fourth-order valence-corrected chi connectivity index (χ4v) is 4.91. The molecule has 1 heterocycles. The molecule has 1 saturated carbocycles. The topological polar surface area (TPSA) is 63.1 Å². The summed E-state index contributed by atoms with van der Waals surface area (Å²) in [7, 11) is 0. The minimum absolute atomic E-state index is 0.00995. The Morgan fingerprint density at radius 2 is 2.27 bits per heavy atom. The number of rotatable bonds is 5. The molecule has 2 fully saturated rings. The third-order valence-corrected chi connectivity index (χ3v) is 6.17. The smallest absolute Gasteiger partial charge is 0.315 e. The molecule has 4 nitrogen and oxygen atoms in total. The molecule has 4 heteroatoms. The van der Waals surface area contributed by atoms with Crippen molar-refractivity contribution in [3.05, 3.63) is 11.1 Å². The van der Waals surface area contributed by atoms with Gasteiger partial charge in [-0.15, -0.1) is 0 Å². The van der Waals surface area contributed by atoms with Crippen molar-refractivity contribution in [1.29, 1.82) is 0 Å². The van der Waals surface area contributed by atoms with Crippen LogP contribution in [0.2, 0.25) is 0 Å². The maximum absolute atomic E-state index is 12.3. The third kappa shape index (κ3) is 2.83. The van der Waals surface area contributed by atoms with Crippen LogP contribution in [0.3, 0.4) is 0 Å². The van der Waals surface area contributed by atoms with Gasteiger partial charge in [-0.1, -0.05) is 18.1 Å². The number of carbonyl (C=O) groups excluding carboxylic acids is 1. The molecule has 22 heavy (non-hydrogen) atoms. The number of allylic oxidation sites excluding steroid dienone is 2. The van der Waals surface area contributed by atoms with Crippen LogP contribution in [-0.2, 0) is 9.53 Å². The lowest BCUT2D eigenvalue weighted by Gasteiger charge is -2.45. The van der Waals surface area contributed by atoms with E-state index in [9.17, 15) is 4.79 Å². The molecule has 4 atom stereocenters. The van der Waals surface area contributed by atoms with Crippen LogP contribution in [0, 0.1) is 17.3 Å². The fourth-order valence-electron chi connectivity index (χ4n) is 4.91. The molecule has 124 valence electrons. The summed E-state index contributed by atoms with van der Waals surface area (Å²) >= 11 is 0. The van der Waals surface area contributed by atoms with Gasteiger partial charge in [0.15, 0.2) is 0 Å². The highest BCUT2D eigenvalue weighted by Crippen LogP contribution is 2.54. The van der Waals surface area contributed by atoms with Crippen LogP contribution in [-0.4, -0.2) is 36.9 Å². The zero-order valence-electron chi connectivity index (χ0n) is 13.9. The Morgan fingerprint density at radius 1 is 1.45 bits per heavy atom. The van der Waals surface area contributed by atoms with Gasteiger partial charge < -0.3 is 15.2 Å². The highest BCUT2D eigenvalue weighted by Gasteiger charge is 2.53. The Labute approximate surface area is 133 Å². The van der Waals surface area contributed by atoms with E-state index in [0.717, 1.165) is 32.4 Å². The molecular formula is C18H30NO3+. The van der Waals surface area contributed by atoms with Gasteiger partial charge in [0, 0.05) is 18.9 Å². The summed E-state index contributed by atoms with van der Waals surface area (Å²) in [6.45, 7) is 6.57. The van der Waals surface area contributed by atoms with Gasteiger partial charge in [0.2, 0.25) is 0 Å². The third-order valence-electron chi connectivity index (χ3n) is 6.17. The Hall–Kier alpha value is -0.870. The lowest BCUT2D eigenvalue weighted by molar-refractivity contribution is -0.659. The van der Waals surface area contributed by atoms with E-state index in [1.54, 1.807) is 11.1 Å². The highest BCUT2D eigenvalue weighted by atomic mass is 16.6. The van der Waals surface area contributed by atoms with Crippen molar-refractivity contribution in [2.24, 2.45) is 17.3 Å². The Balaban J connectivity index is 1.71. The minimum Gasteiger partial charge on any atom is -0.462 e. The number of hydrogen-bond acceptors (Lipinski definition) is 3. The van der Waals surface area contributed by atoms with Crippen LogP contribution in [0.4, 0.5) is 0 Å². The van der Waals surface area contributed by atoms with Gasteiger partial charge in [-0.3, -0.25) is 4.79 Å². The second kappa shape index (κ2) is 6.32. The predicted molar refractivity (Wildman–Crippen MR) is 84.1 cm³/mol. The normalized spacial score (nSPS) is 37.8. The number of hydrogen-bond donors (Lipinski definition) is 2. The Kier molecular flexibility index (Phi) is 4.60. The monoisotopic (exact) mass is 308 g/mol. The van der Waals surface area contributed by atoms with Crippen LogP contribution < -0.4 is 5.32 Å². The van der Waals surface area contributed by atoms with Crippen LogP contribution in [0.1, 0.15) is 52.4 Å². The molecule has 2 aliphatic carbocycles. The van der Waals surface area contributed by atoms with Crippen molar-refractivity contribution in [3.63, 3.8) is 0 Å². The van der Waals surface area contributed by atoms with Gasteiger partial charge in [0.05, 0.1) is 13.1 Å². The van der Waals surface area contributed by atoms with E-state index in [1.807, 2.05) is 0 Å². The van der Waals surface area contributed by atoms with E-state index in [0.29, 0.717) is 5.92 Å². The first-order valence-corrected chi connectivity index (χ1v) is 8.87. The second-order valence-electron chi connectivity index (χ2n) is 7.72. The van der Waals surface area contributed by atoms with Gasteiger partial charge in [-0.2, -0.15) is 0 Å². The zero-order chi connectivity index (χ0) is 15.7. The van der Waals surface area contributed by atoms with Gasteiger partial charge >= 0.3 is 5.97 Å². The van der Waals surface area contributed by atoms with Crippen LogP contribution in [0.15, 0.2) is 11.1 Å². The quantitative estimate of drug-likeness (QED) is 0.458. The minimum atomic E-state index is 0.00995. The summed E-state index contributed by atoms with van der Waals surface area (Å²) in [4.78, 5) is 12.3. The first-order valence-electron chi connectivity index (χ1n) is 8.87. The summed E-state index contributed by atoms with van der Waals surface area (Å²) in [5.41, 5.74) is 3.45. The lowest BCUT2D eigenvalue weighted by atomic mass is 9.59. The number of carbonyl (C=O) groups is 1. The number of esters is 1. The van der Waals surface area contributed by atoms with Gasteiger partial charge in [-0.05, 0) is 44.4 Å². The highest BCUT2D eigenvalue weighted by molar-refractivity contribution is 5.75. The predicted octanol–water partition coefficient (Wildman–Crippen LogP) is 1.39. The van der Waals surface area contributed by atoms with Crippen LogP contribution >= 0.6 is 0 Å². The molecule has 0 aromatic heterocycles. The fraction of sp³-hybridized carbons (Fsp3) is 0.833. The SMILES string of the molecule is CC1=C2C[C@@H]3[C@H](C[NH2+]CCCO)C(=O)O[C@@H]3C[C@]2(C)CCC1. The second-order valence-corrected chi connectivity index (χ2v) is 7.72. The van der Waals surface area contributed by atoms with Crippen LogP contribution in [0.5, 0.6) is 0 Å². The molecule has 0 spiro atoms. The summed E-state index contributed by atoms with van der Waals surface area (Å²) in [6, 6.07) is 0. The zero-order valence-corrected chi connectivity index (χ0v) is 13.9. The number of fused-ring (bicyclic) bond motifs is 2. The molecule has 0 amide bonds. The van der Waals surface area contributed by atoms with Crippen molar-refractivity contribution >= 4 is 5.97 Å². The number of quaternary nitrogens is 1. The standard InChI is InChI=1S/C18H29NO3/c1-12-5-3-6-18(2)10-16-13(9-15(12)18)14(17(21)22-16)11-19-7-4-8-20/h13-14,16,19-20H,3-11H2,1-2H3/p+1/t13-,14+,16-,18+/m1/s1. The van der Waals surface area contributed by atoms with E-state index < -0.39 is 0 Å². The van der Waals surface area contributed by atoms with Gasteiger partial charge in [-0.25, -0.2) is 0 Å². The van der Waals surface area contributed by atoms with Crippen molar-refractivity contribution in [3.8, 4) is 0 Å². The summed E-state index contributed by atoms with van der Waals surface area (Å²) in [5.74, 6) is 0.417. The molecule has 3 rings (SSSR count). The number of ether oxygens (including phenoxy) is 1. The summed E-state index contributed by atoms with van der Waals surface area (Å²) in [6.07, 6.45) is 6.73. The molecule has 0 aromatic rings. The molecule has 0 aromatic carbocycles. The number of aliphatic hydroxyl groups is 1. The number of nitrogens with two attached hydrogens (primary N) is 1. The van der Waals surface area contributed by atoms with Crippen LogP contribution in [0.25, 0.3) is 0 Å². The first-order chi connectivity index (χ1) is 10.5.